The highest BCUT2D eigenvalue weighted by Crippen LogP contribution is 2.16. The van der Waals surface area contributed by atoms with E-state index in [0.29, 0.717) is 17.7 Å². The Bertz CT molecular complexity index is 390. The summed E-state index contributed by atoms with van der Waals surface area (Å²) in [5.74, 6) is 1.93. The van der Waals surface area contributed by atoms with E-state index < -0.39 is 10.8 Å². The highest BCUT2D eigenvalue weighted by Gasteiger charge is 2.16. The van der Waals surface area contributed by atoms with Crippen LogP contribution in [-0.4, -0.2) is 29.7 Å². The molecule has 0 saturated carbocycles. The lowest BCUT2D eigenvalue weighted by atomic mass is 10.1. The monoisotopic (exact) mass is 283 g/mol. The van der Waals surface area contributed by atoms with Crippen molar-refractivity contribution in [2.24, 2.45) is 5.92 Å². The van der Waals surface area contributed by atoms with Crippen molar-refractivity contribution in [3.05, 3.63) is 24.3 Å². The van der Waals surface area contributed by atoms with Crippen molar-refractivity contribution in [3.63, 3.8) is 0 Å². The molecule has 0 aliphatic carbocycles. The van der Waals surface area contributed by atoms with Crippen LogP contribution in [0.4, 0.5) is 0 Å². The largest absolute Gasteiger partial charge is 0.497 e. The van der Waals surface area contributed by atoms with Crippen molar-refractivity contribution in [3.8, 4) is 5.75 Å². The first-order valence-electron chi connectivity index (χ1n) is 6.84. The molecule has 0 saturated heterocycles. The van der Waals surface area contributed by atoms with Gasteiger partial charge in [-0.15, -0.1) is 0 Å². The van der Waals surface area contributed by atoms with Gasteiger partial charge in [0, 0.05) is 16.7 Å². The first kappa shape index (κ1) is 16.2. The summed E-state index contributed by atoms with van der Waals surface area (Å²) in [5, 5.41) is 3.47. The van der Waals surface area contributed by atoms with Crippen LogP contribution in [0, 0.1) is 5.92 Å². The SMILES string of the molecule is CCCNC(CS(=O)c1ccc(OC)cc1)C(C)C. The fraction of sp³-hybridized carbons (Fsp3) is 0.600. The Morgan fingerprint density at radius 1 is 1.26 bits per heavy atom. The van der Waals surface area contributed by atoms with Crippen LogP contribution < -0.4 is 10.1 Å². The van der Waals surface area contributed by atoms with Gasteiger partial charge in [0.25, 0.3) is 0 Å². The van der Waals surface area contributed by atoms with Crippen LogP contribution in [0.1, 0.15) is 27.2 Å². The maximum atomic E-state index is 12.4. The molecule has 1 N–H and O–H groups in total. The Morgan fingerprint density at radius 2 is 1.89 bits per heavy atom. The van der Waals surface area contributed by atoms with Crippen LogP contribution in [0.3, 0.4) is 0 Å². The van der Waals surface area contributed by atoms with Crippen molar-refractivity contribution in [1.29, 1.82) is 0 Å². The van der Waals surface area contributed by atoms with E-state index in [1.54, 1.807) is 7.11 Å². The topological polar surface area (TPSA) is 38.3 Å². The second-order valence-electron chi connectivity index (χ2n) is 4.99. The van der Waals surface area contributed by atoms with Crippen molar-refractivity contribution >= 4 is 10.8 Å². The summed E-state index contributed by atoms with van der Waals surface area (Å²) in [6, 6.07) is 7.77. The number of hydrogen-bond donors (Lipinski definition) is 1. The maximum Gasteiger partial charge on any atom is 0.118 e. The van der Waals surface area contributed by atoms with Gasteiger partial charge in [-0.3, -0.25) is 4.21 Å². The molecule has 1 aromatic rings. The third-order valence-electron chi connectivity index (χ3n) is 3.11. The highest BCUT2D eigenvalue weighted by molar-refractivity contribution is 7.85. The summed E-state index contributed by atoms with van der Waals surface area (Å²) in [4.78, 5) is 0.866. The number of ether oxygens (including phenoxy) is 1. The second-order valence-corrected chi connectivity index (χ2v) is 6.49. The molecule has 1 aromatic carbocycles. The number of methoxy groups -OCH3 is 1. The fourth-order valence-corrected chi connectivity index (χ4v) is 3.26. The normalized spacial score (nSPS) is 14.4. The molecular formula is C15H25NO2S. The zero-order valence-corrected chi connectivity index (χ0v) is 13.1. The number of nitrogens with one attached hydrogen (secondary N) is 1. The van der Waals surface area contributed by atoms with E-state index in [1.165, 1.54) is 0 Å². The summed E-state index contributed by atoms with van der Waals surface area (Å²) in [7, 11) is 0.669. The minimum absolute atomic E-state index is 0.294. The van der Waals surface area contributed by atoms with Crippen molar-refractivity contribution in [2.75, 3.05) is 19.4 Å². The van der Waals surface area contributed by atoms with Gasteiger partial charge >= 0.3 is 0 Å². The molecule has 4 heteroatoms. The van der Waals surface area contributed by atoms with Gasteiger partial charge in [-0.1, -0.05) is 20.8 Å². The molecule has 0 spiro atoms. The van der Waals surface area contributed by atoms with Crippen LogP contribution in [-0.2, 0) is 10.8 Å². The lowest BCUT2D eigenvalue weighted by Gasteiger charge is -2.21. The maximum absolute atomic E-state index is 12.4. The number of benzene rings is 1. The van der Waals surface area contributed by atoms with Crippen molar-refractivity contribution in [1.82, 2.24) is 5.32 Å². The van der Waals surface area contributed by atoms with E-state index >= 15 is 0 Å². The molecule has 0 aromatic heterocycles. The first-order valence-corrected chi connectivity index (χ1v) is 8.16. The van der Waals surface area contributed by atoms with Crippen LogP contribution in [0.15, 0.2) is 29.2 Å². The molecule has 3 nitrogen and oxygen atoms in total. The van der Waals surface area contributed by atoms with Gasteiger partial charge < -0.3 is 10.1 Å². The Labute approximate surface area is 119 Å². The predicted molar refractivity (Wildman–Crippen MR) is 81.2 cm³/mol. The molecule has 108 valence electrons. The molecule has 0 fully saturated rings. The molecule has 0 amide bonds. The third kappa shape index (κ3) is 5.33. The average molecular weight is 283 g/mol. The molecule has 0 radical (unpaired) electrons. The van der Waals surface area contributed by atoms with E-state index in [2.05, 4.69) is 26.1 Å². The molecule has 2 unspecified atom stereocenters. The molecule has 19 heavy (non-hydrogen) atoms. The van der Waals surface area contributed by atoms with E-state index in [4.69, 9.17) is 4.74 Å². The lowest BCUT2D eigenvalue weighted by molar-refractivity contribution is 0.414. The Kier molecular flexibility index (Phi) is 7.10. The van der Waals surface area contributed by atoms with Crippen LogP contribution in [0.2, 0.25) is 0 Å². The van der Waals surface area contributed by atoms with Crippen LogP contribution in [0.5, 0.6) is 5.75 Å². The van der Waals surface area contributed by atoms with E-state index in [-0.39, 0.29) is 0 Å². The molecular weight excluding hydrogens is 258 g/mol. The fourth-order valence-electron chi connectivity index (χ4n) is 1.80. The lowest BCUT2D eigenvalue weighted by Crippen LogP contribution is -2.38. The highest BCUT2D eigenvalue weighted by atomic mass is 32.2. The van der Waals surface area contributed by atoms with Gasteiger partial charge in [0.15, 0.2) is 0 Å². The standard InChI is InChI=1S/C15H25NO2S/c1-5-10-16-15(12(2)3)11-19(17)14-8-6-13(18-4)7-9-14/h6-9,12,15-16H,5,10-11H2,1-4H3. The summed E-state index contributed by atoms with van der Waals surface area (Å²) in [5.41, 5.74) is 0. The van der Waals surface area contributed by atoms with Gasteiger partial charge in [0.1, 0.15) is 5.75 Å². The van der Waals surface area contributed by atoms with E-state index in [9.17, 15) is 4.21 Å². The molecule has 2 atom stereocenters. The molecule has 0 aliphatic rings. The third-order valence-corrected chi connectivity index (χ3v) is 4.57. The smallest absolute Gasteiger partial charge is 0.118 e. The molecule has 0 heterocycles. The van der Waals surface area contributed by atoms with Crippen molar-refractivity contribution < 1.29 is 8.95 Å². The van der Waals surface area contributed by atoms with Gasteiger partial charge in [-0.2, -0.15) is 0 Å². The zero-order chi connectivity index (χ0) is 14.3. The van der Waals surface area contributed by atoms with Crippen LogP contribution in [0.25, 0.3) is 0 Å². The zero-order valence-electron chi connectivity index (χ0n) is 12.3. The summed E-state index contributed by atoms with van der Waals surface area (Å²) >= 11 is 0. The molecule has 1 rings (SSSR count). The van der Waals surface area contributed by atoms with E-state index in [1.807, 2.05) is 24.3 Å². The Morgan fingerprint density at radius 3 is 2.37 bits per heavy atom. The molecule has 0 aliphatic heterocycles. The second kappa shape index (κ2) is 8.33. The Balaban J connectivity index is 2.64. The quantitative estimate of drug-likeness (QED) is 0.797. The van der Waals surface area contributed by atoms with Gasteiger partial charge in [-0.05, 0) is 43.1 Å². The van der Waals surface area contributed by atoms with Gasteiger partial charge in [-0.25, -0.2) is 0 Å². The summed E-state index contributed by atoms with van der Waals surface area (Å²) in [6.07, 6.45) is 1.10. The first-order chi connectivity index (χ1) is 9.08. The summed E-state index contributed by atoms with van der Waals surface area (Å²) in [6.45, 7) is 7.45. The minimum atomic E-state index is -0.966. The number of hydrogen-bond acceptors (Lipinski definition) is 3. The Hall–Kier alpha value is -0.870. The van der Waals surface area contributed by atoms with Crippen LogP contribution >= 0.6 is 0 Å². The number of rotatable bonds is 8. The van der Waals surface area contributed by atoms with Gasteiger partial charge in [0.05, 0.1) is 17.9 Å². The molecule has 0 bridgehead atoms. The minimum Gasteiger partial charge on any atom is -0.497 e. The van der Waals surface area contributed by atoms with Gasteiger partial charge in [0.2, 0.25) is 0 Å². The average Bonchev–Trinajstić information content (AvgIpc) is 2.43. The predicted octanol–water partition coefficient (Wildman–Crippen LogP) is 2.83. The summed E-state index contributed by atoms with van der Waals surface area (Å²) < 4.78 is 17.5. The van der Waals surface area contributed by atoms with E-state index in [0.717, 1.165) is 23.6 Å². The van der Waals surface area contributed by atoms with Crippen molar-refractivity contribution in [2.45, 2.75) is 38.1 Å².